The smallest absolute Gasteiger partial charge is 0.316 e. The molecule has 198 valence electrons. The molecule has 1 aliphatic rings. The zero-order valence-electron chi connectivity index (χ0n) is 21.8. The minimum absolute atomic E-state index is 0.0400. The van der Waals surface area contributed by atoms with Gasteiger partial charge in [-0.25, -0.2) is 9.97 Å². The van der Waals surface area contributed by atoms with Gasteiger partial charge < -0.3 is 29.9 Å². The van der Waals surface area contributed by atoms with Crippen LogP contribution in [-0.4, -0.2) is 62.8 Å². The first-order valence-electron chi connectivity index (χ1n) is 12.5. The fourth-order valence-corrected chi connectivity index (χ4v) is 5.47. The molecule has 1 saturated heterocycles. The van der Waals surface area contributed by atoms with Crippen LogP contribution >= 0.6 is 11.8 Å². The lowest BCUT2D eigenvalue weighted by atomic mass is 9.81. The fourth-order valence-electron chi connectivity index (χ4n) is 4.44. The lowest BCUT2D eigenvalue weighted by Gasteiger charge is -2.40. The van der Waals surface area contributed by atoms with Gasteiger partial charge in [0.05, 0.1) is 49.1 Å². The maximum atomic E-state index is 12.3. The number of rotatable bonds is 11. The van der Waals surface area contributed by atoms with Crippen molar-refractivity contribution < 1.29 is 24.5 Å². The topological polar surface area (TPSA) is 117 Å². The van der Waals surface area contributed by atoms with Gasteiger partial charge in [0.1, 0.15) is 0 Å². The van der Waals surface area contributed by atoms with Crippen molar-refractivity contribution in [2.24, 2.45) is 0 Å². The molecule has 1 unspecified atom stereocenters. The molecule has 2 heterocycles. The molecular weight excluding hydrogens is 480 g/mol. The quantitative estimate of drug-likeness (QED) is 0.295. The van der Waals surface area contributed by atoms with Crippen molar-refractivity contribution in [1.29, 1.82) is 0 Å². The highest BCUT2D eigenvalue weighted by Gasteiger charge is 2.36. The van der Waals surface area contributed by atoms with Crippen LogP contribution in [0.4, 0.5) is 17.1 Å². The molecule has 1 fully saturated rings. The standard InChI is InChI=1S/C26H38N4O5S/c1-6-30(20-11-12-36-26(32,33)14-20)22-10-9-18(25(4,5)15-23(31)34-7-2)13-21(22)29-19-16-27-24(28-17-19)35-8-3/h9-10,13,16-17,20,29,32-33H,6-8,11-12,14-15H2,1-5H3. The van der Waals surface area contributed by atoms with E-state index in [1.165, 1.54) is 11.8 Å². The van der Waals surface area contributed by atoms with Crippen molar-refractivity contribution in [1.82, 2.24) is 9.97 Å². The number of esters is 1. The highest BCUT2D eigenvalue weighted by atomic mass is 32.2. The SMILES string of the molecule is CCOC(=O)CC(C)(C)c1ccc(N(CC)C2CCSC(O)(O)C2)c(Nc2cnc(OCC)nc2)c1. The molecule has 0 saturated carbocycles. The Morgan fingerprint density at radius 2 is 1.94 bits per heavy atom. The number of aliphatic hydroxyl groups is 2. The van der Waals surface area contributed by atoms with Crippen molar-refractivity contribution in [2.45, 2.75) is 70.5 Å². The lowest BCUT2D eigenvalue weighted by Crippen LogP contribution is -2.45. The number of hydrogen-bond donors (Lipinski definition) is 3. The number of thioether (sulfide) groups is 1. The average Bonchev–Trinajstić information content (AvgIpc) is 2.81. The van der Waals surface area contributed by atoms with E-state index in [1.807, 2.05) is 39.0 Å². The number of hydrogen-bond acceptors (Lipinski definition) is 10. The third kappa shape index (κ3) is 7.24. The minimum Gasteiger partial charge on any atom is -0.466 e. The Morgan fingerprint density at radius 1 is 1.22 bits per heavy atom. The summed E-state index contributed by atoms with van der Waals surface area (Å²) < 4.78 is 10.6. The van der Waals surface area contributed by atoms with E-state index in [4.69, 9.17) is 9.47 Å². The number of ether oxygens (including phenoxy) is 2. The molecule has 10 heteroatoms. The second-order valence-corrected chi connectivity index (χ2v) is 10.8. The first-order valence-corrected chi connectivity index (χ1v) is 13.4. The zero-order chi connectivity index (χ0) is 26.3. The lowest BCUT2D eigenvalue weighted by molar-refractivity contribution is -0.144. The Labute approximate surface area is 217 Å². The monoisotopic (exact) mass is 518 g/mol. The fraction of sp³-hybridized carbons (Fsp3) is 0.577. The number of aromatic nitrogens is 2. The number of carbonyl (C=O) groups is 1. The van der Waals surface area contributed by atoms with E-state index >= 15 is 0 Å². The van der Waals surface area contributed by atoms with Gasteiger partial charge in [-0.15, -0.1) is 0 Å². The minimum atomic E-state index is -1.74. The van der Waals surface area contributed by atoms with E-state index < -0.39 is 10.5 Å². The van der Waals surface area contributed by atoms with E-state index in [9.17, 15) is 15.0 Å². The summed E-state index contributed by atoms with van der Waals surface area (Å²) in [5.41, 5.74) is 2.95. The van der Waals surface area contributed by atoms with Crippen LogP contribution in [0.5, 0.6) is 6.01 Å². The zero-order valence-corrected chi connectivity index (χ0v) is 22.6. The molecule has 2 aromatic rings. The Kier molecular flexibility index (Phi) is 9.43. The van der Waals surface area contributed by atoms with Crippen LogP contribution < -0.4 is 15.0 Å². The number of carbonyl (C=O) groups excluding carboxylic acids is 1. The molecule has 1 aromatic carbocycles. The molecule has 0 amide bonds. The predicted molar refractivity (Wildman–Crippen MR) is 143 cm³/mol. The van der Waals surface area contributed by atoms with Crippen LogP contribution in [0.15, 0.2) is 30.6 Å². The highest BCUT2D eigenvalue weighted by Crippen LogP contribution is 2.40. The van der Waals surface area contributed by atoms with Gasteiger partial charge in [0.25, 0.3) is 0 Å². The molecule has 9 nitrogen and oxygen atoms in total. The molecular formula is C26H38N4O5S. The predicted octanol–water partition coefficient (Wildman–Crippen LogP) is 4.21. The van der Waals surface area contributed by atoms with Gasteiger partial charge in [-0.1, -0.05) is 31.7 Å². The molecule has 1 aliphatic heterocycles. The number of nitrogens with one attached hydrogen (secondary N) is 1. The Bertz CT molecular complexity index is 1020. The van der Waals surface area contributed by atoms with E-state index in [2.05, 4.69) is 27.1 Å². The first-order chi connectivity index (χ1) is 17.1. The van der Waals surface area contributed by atoms with Gasteiger partial charge in [0.15, 0.2) is 0 Å². The summed E-state index contributed by atoms with van der Waals surface area (Å²) in [6, 6.07) is 6.37. The van der Waals surface area contributed by atoms with E-state index in [0.717, 1.165) is 23.4 Å². The van der Waals surface area contributed by atoms with Gasteiger partial charge in [-0.2, -0.15) is 0 Å². The summed E-state index contributed by atoms with van der Waals surface area (Å²) in [5.74, 6) is 0.423. The number of anilines is 3. The van der Waals surface area contributed by atoms with Crippen molar-refractivity contribution >= 4 is 34.8 Å². The summed E-state index contributed by atoms with van der Waals surface area (Å²) in [6.07, 6.45) is 4.66. The third-order valence-corrected chi connectivity index (χ3v) is 7.30. The Balaban J connectivity index is 1.99. The maximum absolute atomic E-state index is 12.3. The molecule has 0 aliphatic carbocycles. The molecule has 0 radical (unpaired) electrons. The average molecular weight is 519 g/mol. The van der Waals surface area contributed by atoms with Crippen LogP contribution in [-0.2, 0) is 14.9 Å². The van der Waals surface area contributed by atoms with Crippen molar-refractivity contribution in [3.8, 4) is 6.01 Å². The van der Waals surface area contributed by atoms with E-state index in [1.54, 1.807) is 19.3 Å². The van der Waals surface area contributed by atoms with Crippen LogP contribution in [0.25, 0.3) is 0 Å². The second-order valence-electron chi connectivity index (χ2n) is 9.43. The number of nitrogens with zero attached hydrogens (tertiary/aromatic N) is 3. The third-order valence-electron chi connectivity index (χ3n) is 6.23. The van der Waals surface area contributed by atoms with Gasteiger partial charge in [-0.05, 0) is 44.9 Å². The molecule has 1 atom stereocenters. The molecule has 3 rings (SSSR count). The van der Waals surface area contributed by atoms with Crippen LogP contribution in [0.2, 0.25) is 0 Å². The Hall–Kier alpha value is -2.56. The van der Waals surface area contributed by atoms with Gasteiger partial charge in [0, 0.05) is 30.2 Å². The molecule has 0 bridgehead atoms. The van der Waals surface area contributed by atoms with Crippen molar-refractivity contribution in [3.05, 3.63) is 36.2 Å². The van der Waals surface area contributed by atoms with Gasteiger partial charge in [0.2, 0.25) is 5.12 Å². The molecule has 3 N–H and O–H groups in total. The highest BCUT2D eigenvalue weighted by molar-refractivity contribution is 8.00. The Morgan fingerprint density at radius 3 is 2.56 bits per heavy atom. The summed E-state index contributed by atoms with van der Waals surface area (Å²) in [7, 11) is 0. The number of benzene rings is 1. The molecule has 0 spiro atoms. The van der Waals surface area contributed by atoms with E-state index in [0.29, 0.717) is 37.2 Å². The molecule has 1 aromatic heterocycles. The summed E-state index contributed by atoms with van der Waals surface area (Å²) in [4.78, 5) is 23.0. The second kappa shape index (κ2) is 12.1. The molecule has 36 heavy (non-hydrogen) atoms. The van der Waals surface area contributed by atoms with Crippen LogP contribution in [0.1, 0.15) is 59.4 Å². The van der Waals surface area contributed by atoms with Crippen LogP contribution in [0.3, 0.4) is 0 Å². The van der Waals surface area contributed by atoms with Crippen molar-refractivity contribution in [3.63, 3.8) is 0 Å². The largest absolute Gasteiger partial charge is 0.466 e. The maximum Gasteiger partial charge on any atom is 0.316 e. The van der Waals surface area contributed by atoms with E-state index in [-0.39, 0.29) is 24.9 Å². The van der Waals surface area contributed by atoms with Gasteiger partial charge in [-0.3, -0.25) is 4.79 Å². The summed E-state index contributed by atoms with van der Waals surface area (Å²) >= 11 is 1.17. The van der Waals surface area contributed by atoms with Crippen LogP contribution in [0, 0.1) is 0 Å². The normalized spacial score (nSPS) is 17.4. The summed E-state index contributed by atoms with van der Waals surface area (Å²) in [5, 5.41) is 22.3. The van der Waals surface area contributed by atoms with Gasteiger partial charge >= 0.3 is 12.0 Å². The summed E-state index contributed by atoms with van der Waals surface area (Å²) in [6.45, 7) is 11.3. The van der Waals surface area contributed by atoms with Crippen molar-refractivity contribution in [2.75, 3.05) is 35.7 Å². The first kappa shape index (κ1) is 28.0.